The van der Waals surface area contributed by atoms with E-state index in [4.69, 9.17) is 9.47 Å². The van der Waals surface area contributed by atoms with E-state index in [1.807, 2.05) is 0 Å². The molecule has 146 valence electrons. The molecule has 0 bridgehead atoms. The summed E-state index contributed by atoms with van der Waals surface area (Å²) >= 11 is 3.31. The zero-order valence-corrected chi connectivity index (χ0v) is 17.4. The van der Waals surface area contributed by atoms with Gasteiger partial charge in [0, 0.05) is 29.2 Å². The van der Waals surface area contributed by atoms with Crippen LogP contribution in [0, 0.1) is 0 Å². The van der Waals surface area contributed by atoms with Crippen LogP contribution >= 0.6 is 15.9 Å². The first kappa shape index (κ1) is 20.1. The third-order valence-electron chi connectivity index (χ3n) is 4.69. The summed E-state index contributed by atoms with van der Waals surface area (Å²) in [6, 6.07) is 10.1. The monoisotopic (exact) mass is 445 g/mol. The number of Topliss-reactive ketones (excluding diaryl/α,β-unsaturated/α-hetero) is 1. The predicted octanol–water partition coefficient (Wildman–Crippen LogP) is 3.79. The SMILES string of the molecule is COc1ccc(Br)c(C(=O)OC(C)C(=O)c2ccc3c(c2)CCN3C(C)=O)c1. The van der Waals surface area contributed by atoms with Crippen molar-refractivity contribution in [2.24, 2.45) is 0 Å². The van der Waals surface area contributed by atoms with Crippen LogP contribution in [0.2, 0.25) is 0 Å². The van der Waals surface area contributed by atoms with Crippen LogP contribution in [0.4, 0.5) is 5.69 Å². The molecule has 0 fully saturated rings. The Hall–Kier alpha value is -2.67. The molecule has 0 aliphatic carbocycles. The van der Waals surface area contributed by atoms with Crippen molar-refractivity contribution in [2.75, 3.05) is 18.6 Å². The average Bonchev–Trinajstić information content (AvgIpc) is 3.11. The van der Waals surface area contributed by atoms with Crippen LogP contribution in [0.25, 0.3) is 0 Å². The molecule has 0 spiro atoms. The predicted molar refractivity (Wildman–Crippen MR) is 108 cm³/mol. The second-order valence-electron chi connectivity index (χ2n) is 6.52. The molecule has 1 aliphatic rings. The number of carbonyl (C=O) groups is 3. The molecule has 2 aromatic carbocycles. The minimum Gasteiger partial charge on any atom is -0.497 e. The van der Waals surface area contributed by atoms with E-state index in [-0.39, 0.29) is 17.3 Å². The smallest absolute Gasteiger partial charge is 0.340 e. The molecule has 1 heterocycles. The van der Waals surface area contributed by atoms with Gasteiger partial charge >= 0.3 is 5.97 Å². The van der Waals surface area contributed by atoms with Crippen molar-refractivity contribution in [2.45, 2.75) is 26.4 Å². The van der Waals surface area contributed by atoms with E-state index in [9.17, 15) is 14.4 Å². The van der Waals surface area contributed by atoms with Gasteiger partial charge in [0.1, 0.15) is 5.75 Å². The van der Waals surface area contributed by atoms with Crippen molar-refractivity contribution >= 4 is 39.3 Å². The van der Waals surface area contributed by atoms with E-state index in [1.54, 1.807) is 48.2 Å². The fourth-order valence-electron chi connectivity index (χ4n) is 3.18. The fourth-order valence-corrected chi connectivity index (χ4v) is 3.59. The lowest BCUT2D eigenvalue weighted by atomic mass is 10.0. The Kier molecular flexibility index (Phi) is 5.84. The number of methoxy groups -OCH3 is 1. The summed E-state index contributed by atoms with van der Waals surface area (Å²) in [4.78, 5) is 38.6. The molecule has 3 rings (SSSR count). The van der Waals surface area contributed by atoms with Crippen LogP contribution in [0.1, 0.15) is 40.1 Å². The molecule has 6 nitrogen and oxygen atoms in total. The van der Waals surface area contributed by atoms with Gasteiger partial charge in [-0.3, -0.25) is 9.59 Å². The van der Waals surface area contributed by atoms with Crippen molar-refractivity contribution in [3.05, 3.63) is 57.6 Å². The third kappa shape index (κ3) is 3.94. The van der Waals surface area contributed by atoms with E-state index in [2.05, 4.69) is 15.9 Å². The summed E-state index contributed by atoms with van der Waals surface area (Å²) in [6.45, 7) is 3.67. The zero-order chi connectivity index (χ0) is 20.4. The number of carbonyl (C=O) groups excluding carboxylic acids is 3. The number of hydrogen-bond acceptors (Lipinski definition) is 5. The van der Waals surface area contributed by atoms with Gasteiger partial charge in [-0.2, -0.15) is 0 Å². The quantitative estimate of drug-likeness (QED) is 0.516. The first-order valence-electron chi connectivity index (χ1n) is 8.81. The Morgan fingerprint density at radius 1 is 1.14 bits per heavy atom. The molecular weight excluding hydrogens is 426 g/mol. The number of hydrogen-bond donors (Lipinski definition) is 0. The van der Waals surface area contributed by atoms with Crippen LogP contribution in [0.15, 0.2) is 40.9 Å². The third-order valence-corrected chi connectivity index (χ3v) is 5.38. The number of ketones is 1. The summed E-state index contributed by atoms with van der Waals surface area (Å²) in [7, 11) is 1.51. The van der Waals surface area contributed by atoms with Gasteiger partial charge < -0.3 is 14.4 Å². The highest BCUT2D eigenvalue weighted by molar-refractivity contribution is 9.10. The Morgan fingerprint density at radius 3 is 2.57 bits per heavy atom. The number of amides is 1. The van der Waals surface area contributed by atoms with Crippen LogP contribution in [0.3, 0.4) is 0 Å². The van der Waals surface area contributed by atoms with E-state index in [0.717, 1.165) is 11.3 Å². The lowest BCUT2D eigenvalue weighted by Crippen LogP contribution is -2.26. The maximum atomic E-state index is 12.7. The number of benzene rings is 2. The van der Waals surface area contributed by atoms with E-state index in [1.165, 1.54) is 14.0 Å². The number of ether oxygens (including phenoxy) is 2. The van der Waals surface area contributed by atoms with Gasteiger partial charge in [-0.1, -0.05) is 0 Å². The van der Waals surface area contributed by atoms with Crippen molar-refractivity contribution in [1.29, 1.82) is 0 Å². The minimum absolute atomic E-state index is 0.0241. The van der Waals surface area contributed by atoms with Crippen molar-refractivity contribution in [1.82, 2.24) is 0 Å². The molecular formula is C21H20BrNO5. The number of esters is 1. The molecule has 1 aliphatic heterocycles. The van der Waals surface area contributed by atoms with Gasteiger partial charge in [-0.15, -0.1) is 0 Å². The summed E-state index contributed by atoms with van der Waals surface area (Å²) < 4.78 is 11.1. The molecule has 0 radical (unpaired) electrons. The van der Waals surface area contributed by atoms with E-state index >= 15 is 0 Å². The molecule has 1 amide bonds. The van der Waals surface area contributed by atoms with Gasteiger partial charge in [0.2, 0.25) is 11.7 Å². The maximum Gasteiger partial charge on any atom is 0.340 e. The van der Waals surface area contributed by atoms with Crippen LogP contribution in [0.5, 0.6) is 5.75 Å². The average molecular weight is 446 g/mol. The second-order valence-corrected chi connectivity index (χ2v) is 7.38. The zero-order valence-electron chi connectivity index (χ0n) is 15.8. The Morgan fingerprint density at radius 2 is 1.89 bits per heavy atom. The Bertz CT molecular complexity index is 956. The van der Waals surface area contributed by atoms with Gasteiger partial charge in [0.15, 0.2) is 6.10 Å². The van der Waals surface area contributed by atoms with Crippen LogP contribution in [-0.2, 0) is 16.0 Å². The molecule has 2 aromatic rings. The van der Waals surface area contributed by atoms with Gasteiger partial charge in [0.25, 0.3) is 0 Å². The van der Waals surface area contributed by atoms with Gasteiger partial charge in [-0.05, 0) is 71.2 Å². The van der Waals surface area contributed by atoms with Gasteiger partial charge in [0.05, 0.1) is 12.7 Å². The maximum absolute atomic E-state index is 12.7. The normalized spacial score (nSPS) is 13.6. The first-order chi connectivity index (χ1) is 13.3. The number of nitrogens with zero attached hydrogens (tertiary/aromatic N) is 1. The lowest BCUT2D eigenvalue weighted by Gasteiger charge is -2.16. The largest absolute Gasteiger partial charge is 0.497 e. The summed E-state index contributed by atoms with van der Waals surface area (Å²) in [5, 5.41) is 0. The van der Waals surface area contributed by atoms with Crippen molar-refractivity contribution < 1.29 is 23.9 Å². The van der Waals surface area contributed by atoms with Crippen LogP contribution < -0.4 is 9.64 Å². The standard InChI is InChI=1S/C21H20BrNO5/c1-12(28-21(26)17-11-16(27-3)5-6-18(17)22)20(25)15-4-7-19-14(10-15)8-9-23(19)13(2)24/h4-7,10-12H,8-9H2,1-3H3. The lowest BCUT2D eigenvalue weighted by molar-refractivity contribution is -0.116. The summed E-state index contributed by atoms with van der Waals surface area (Å²) in [5.74, 6) is -0.418. The topological polar surface area (TPSA) is 72.9 Å². The number of anilines is 1. The second kappa shape index (κ2) is 8.14. The van der Waals surface area contributed by atoms with Crippen molar-refractivity contribution in [3.63, 3.8) is 0 Å². The highest BCUT2D eigenvalue weighted by Crippen LogP contribution is 2.29. The highest BCUT2D eigenvalue weighted by atomic mass is 79.9. The highest BCUT2D eigenvalue weighted by Gasteiger charge is 2.26. The summed E-state index contributed by atoms with van der Waals surface area (Å²) in [5.41, 5.74) is 2.50. The Labute approximate surface area is 171 Å². The molecule has 28 heavy (non-hydrogen) atoms. The van der Waals surface area contributed by atoms with Gasteiger partial charge in [-0.25, -0.2) is 4.79 Å². The molecule has 0 aromatic heterocycles. The van der Waals surface area contributed by atoms with E-state index < -0.39 is 12.1 Å². The fraction of sp³-hybridized carbons (Fsp3) is 0.286. The van der Waals surface area contributed by atoms with E-state index in [0.29, 0.717) is 28.8 Å². The molecule has 0 saturated heterocycles. The molecule has 1 atom stereocenters. The Balaban J connectivity index is 1.75. The molecule has 1 unspecified atom stereocenters. The molecule has 0 saturated carbocycles. The summed E-state index contributed by atoms with van der Waals surface area (Å²) in [6.07, 6.45) is -0.255. The van der Waals surface area contributed by atoms with Crippen molar-refractivity contribution in [3.8, 4) is 5.75 Å². The minimum atomic E-state index is -0.950. The van der Waals surface area contributed by atoms with Crippen LogP contribution in [-0.4, -0.2) is 37.4 Å². The number of rotatable bonds is 5. The molecule has 0 N–H and O–H groups in total. The first-order valence-corrected chi connectivity index (χ1v) is 9.61. The number of halogens is 1. The number of fused-ring (bicyclic) bond motifs is 1. The molecule has 7 heteroatoms.